The Bertz CT molecular complexity index is 861. The summed E-state index contributed by atoms with van der Waals surface area (Å²) in [6.07, 6.45) is 0.846. The van der Waals surface area contributed by atoms with Gasteiger partial charge < -0.3 is 25.2 Å². The van der Waals surface area contributed by atoms with E-state index in [9.17, 15) is 9.59 Å². The zero-order valence-electron chi connectivity index (χ0n) is 18.5. The van der Waals surface area contributed by atoms with E-state index in [4.69, 9.17) is 4.74 Å². The van der Waals surface area contributed by atoms with Gasteiger partial charge in [-0.2, -0.15) is 0 Å². The predicted molar refractivity (Wildman–Crippen MR) is 120 cm³/mol. The number of anilines is 1. The lowest BCUT2D eigenvalue weighted by molar-refractivity contribution is -1.02. The van der Waals surface area contributed by atoms with Crippen molar-refractivity contribution in [3.05, 3.63) is 59.7 Å². The van der Waals surface area contributed by atoms with E-state index in [1.54, 1.807) is 7.11 Å². The molecule has 31 heavy (non-hydrogen) atoms. The largest absolute Gasteiger partial charge is 0.497 e. The fourth-order valence-corrected chi connectivity index (χ4v) is 3.96. The van der Waals surface area contributed by atoms with Crippen LogP contribution in [-0.2, 0) is 22.6 Å². The number of quaternary nitrogens is 2. The molecular weight excluding hydrogens is 392 g/mol. The summed E-state index contributed by atoms with van der Waals surface area (Å²) < 4.78 is 5.21. The molecule has 4 N–H and O–H groups in total. The summed E-state index contributed by atoms with van der Waals surface area (Å²) in [5.74, 6) is 0.604. The van der Waals surface area contributed by atoms with Crippen LogP contribution in [0.5, 0.6) is 5.75 Å². The normalized spacial score (nSPS) is 18.3. The van der Waals surface area contributed by atoms with Crippen LogP contribution in [-0.4, -0.2) is 58.2 Å². The van der Waals surface area contributed by atoms with Crippen molar-refractivity contribution in [2.24, 2.45) is 0 Å². The summed E-state index contributed by atoms with van der Waals surface area (Å²) in [7, 11) is 1.68. The van der Waals surface area contributed by atoms with Crippen molar-refractivity contribution < 1.29 is 24.1 Å². The average Bonchev–Trinajstić information content (AvgIpc) is 2.80. The summed E-state index contributed by atoms with van der Waals surface area (Å²) in [6, 6.07) is 16.0. The molecule has 2 aromatic rings. The second kappa shape index (κ2) is 11.5. The van der Waals surface area contributed by atoms with Crippen LogP contribution < -0.4 is 25.2 Å². The first kappa shape index (κ1) is 22.8. The Morgan fingerprint density at radius 2 is 1.61 bits per heavy atom. The van der Waals surface area contributed by atoms with E-state index >= 15 is 0 Å². The Kier molecular flexibility index (Phi) is 8.44. The number of carbonyl (C=O) groups is 2. The molecule has 0 bridgehead atoms. The molecule has 7 heteroatoms. The van der Waals surface area contributed by atoms with Crippen molar-refractivity contribution >= 4 is 17.5 Å². The number of para-hydroxylation sites is 1. The van der Waals surface area contributed by atoms with Gasteiger partial charge in [0, 0.05) is 11.3 Å². The van der Waals surface area contributed by atoms with E-state index in [0.29, 0.717) is 6.54 Å². The van der Waals surface area contributed by atoms with Gasteiger partial charge >= 0.3 is 0 Å². The van der Waals surface area contributed by atoms with Crippen LogP contribution in [0.25, 0.3) is 0 Å². The Morgan fingerprint density at radius 1 is 0.935 bits per heavy atom. The minimum Gasteiger partial charge on any atom is -0.497 e. The lowest BCUT2D eigenvalue weighted by Gasteiger charge is -2.29. The topological polar surface area (TPSA) is 76.3 Å². The predicted octanol–water partition coefficient (Wildman–Crippen LogP) is -0.704. The van der Waals surface area contributed by atoms with Crippen LogP contribution in [0.1, 0.15) is 18.1 Å². The van der Waals surface area contributed by atoms with Crippen molar-refractivity contribution in [1.82, 2.24) is 5.32 Å². The molecule has 1 saturated heterocycles. The van der Waals surface area contributed by atoms with Gasteiger partial charge in [0.2, 0.25) is 5.91 Å². The first-order valence-corrected chi connectivity index (χ1v) is 11.0. The number of ether oxygens (including phenoxy) is 1. The third kappa shape index (κ3) is 7.08. The number of aryl methyl sites for hydroxylation is 1. The highest BCUT2D eigenvalue weighted by atomic mass is 16.5. The number of benzene rings is 2. The Labute approximate surface area is 184 Å². The first-order valence-electron chi connectivity index (χ1n) is 11.0. The third-order valence-electron chi connectivity index (χ3n) is 5.81. The molecule has 1 fully saturated rings. The summed E-state index contributed by atoms with van der Waals surface area (Å²) in [6.45, 7) is 7.42. The van der Waals surface area contributed by atoms with Gasteiger partial charge in [0.15, 0.2) is 6.54 Å². The van der Waals surface area contributed by atoms with E-state index in [1.165, 1.54) is 15.4 Å². The zero-order chi connectivity index (χ0) is 22.1. The molecule has 3 rings (SSSR count). The molecule has 0 aromatic heterocycles. The quantitative estimate of drug-likeness (QED) is 0.428. The molecule has 0 spiro atoms. The molecule has 0 atom stereocenters. The molecule has 2 aromatic carbocycles. The first-order chi connectivity index (χ1) is 15.1. The lowest BCUT2D eigenvalue weighted by atomic mass is 10.1. The van der Waals surface area contributed by atoms with Gasteiger partial charge in [0.25, 0.3) is 5.91 Å². The average molecular weight is 427 g/mol. The van der Waals surface area contributed by atoms with Crippen LogP contribution in [0.4, 0.5) is 5.69 Å². The van der Waals surface area contributed by atoms with Gasteiger partial charge in [0.1, 0.15) is 38.5 Å². The molecule has 1 aliphatic heterocycles. The van der Waals surface area contributed by atoms with Crippen molar-refractivity contribution in [3.8, 4) is 5.75 Å². The number of hydrogen-bond donors (Lipinski definition) is 4. The molecule has 7 nitrogen and oxygen atoms in total. The summed E-state index contributed by atoms with van der Waals surface area (Å²) in [5, 5.41) is 5.64. The molecule has 0 saturated carbocycles. The minimum atomic E-state index is -0.196. The third-order valence-corrected chi connectivity index (χ3v) is 5.81. The van der Waals surface area contributed by atoms with Crippen molar-refractivity contribution in [1.29, 1.82) is 0 Å². The smallest absolute Gasteiger partial charge is 0.275 e. The molecular formula is C24H34N4O3+2. The standard InChI is InChI=1S/C24H32N4O3/c1-3-20-6-4-5-7-22(20)26-23(29)16-25-24(30)18-28-14-12-27(13-15-28)17-19-8-10-21(31-2)11-9-19/h4-11H,3,12-18H2,1-2H3,(H,25,30)(H,26,29)/p+2. The van der Waals surface area contributed by atoms with E-state index in [2.05, 4.69) is 22.8 Å². The number of piperazine rings is 1. The highest BCUT2D eigenvalue weighted by molar-refractivity contribution is 5.95. The highest BCUT2D eigenvalue weighted by Gasteiger charge is 2.25. The molecule has 0 aliphatic carbocycles. The van der Waals surface area contributed by atoms with Gasteiger partial charge in [-0.05, 0) is 42.3 Å². The summed E-state index contributed by atoms with van der Waals surface area (Å²) >= 11 is 0. The van der Waals surface area contributed by atoms with Crippen LogP contribution in [0.2, 0.25) is 0 Å². The minimum absolute atomic E-state index is 0.000986. The fraction of sp³-hybridized carbons (Fsp3) is 0.417. The number of rotatable bonds is 9. The highest BCUT2D eigenvalue weighted by Crippen LogP contribution is 2.15. The van der Waals surface area contributed by atoms with E-state index in [-0.39, 0.29) is 18.4 Å². The van der Waals surface area contributed by atoms with Gasteiger partial charge in [-0.25, -0.2) is 0 Å². The maximum atomic E-state index is 12.3. The van der Waals surface area contributed by atoms with Crippen molar-refractivity contribution in [2.45, 2.75) is 19.9 Å². The number of nitrogens with one attached hydrogen (secondary N) is 4. The molecule has 2 amide bonds. The van der Waals surface area contributed by atoms with Gasteiger partial charge in [-0.15, -0.1) is 0 Å². The maximum absolute atomic E-state index is 12.3. The second-order valence-corrected chi connectivity index (χ2v) is 8.04. The van der Waals surface area contributed by atoms with E-state index < -0.39 is 0 Å². The molecule has 1 aliphatic rings. The Morgan fingerprint density at radius 3 is 2.29 bits per heavy atom. The van der Waals surface area contributed by atoms with Gasteiger partial charge in [-0.1, -0.05) is 25.1 Å². The van der Waals surface area contributed by atoms with E-state index in [0.717, 1.165) is 56.1 Å². The molecule has 166 valence electrons. The maximum Gasteiger partial charge on any atom is 0.275 e. The summed E-state index contributed by atoms with van der Waals surface area (Å²) in [5.41, 5.74) is 3.19. The Balaban J connectivity index is 1.35. The molecule has 0 unspecified atom stereocenters. The van der Waals surface area contributed by atoms with Gasteiger partial charge in [-0.3, -0.25) is 9.59 Å². The number of methoxy groups -OCH3 is 1. The van der Waals surface area contributed by atoms with Crippen LogP contribution >= 0.6 is 0 Å². The van der Waals surface area contributed by atoms with Crippen LogP contribution in [0, 0.1) is 0 Å². The molecule has 0 radical (unpaired) electrons. The van der Waals surface area contributed by atoms with Crippen LogP contribution in [0.15, 0.2) is 48.5 Å². The fourth-order valence-electron chi connectivity index (χ4n) is 3.96. The van der Waals surface area contributed by atoms with E-state index in [1.807, 2.05) is 43.3 Å². The number of hydrogen-bond acceptors (Lipinski definition) is 3. The second-order valence-electron chi connectivity index (χ2n) is 8.04. The molecule has 1 heterocycles. The summed E-state index contributed by atoms with van der Waals surface area (Å²) in [4.78, 5) is 27.3. The SMILES string of the molecule is CCc1ccccc1NC(=O)CNC(=O)C[NH+]1CC[NH+](Cc2ccc(OC)cc2)CC1. The van der Waals surface area contributed by atoms with Crippen molar-refractivity contribution in [3.63, 3.8) is 0 Å². The number of amides is 2. The Hall–Kier alpha value is -2.90. The number of carbonyl (C=O) groups excluding carboxylic acids is 2. The van der Waals surface area contributed by atoms with Gasteiger partial charge in [0.05, 0.1) is 13.7 Å². The lowest BCUT2D eigenvalue weighted by Crippen LogP contribution is -3.28. The van der Waals surface area contributed by atoms with Crippen molar-refractivity contribution in [2.75, 3.05) is 51.7 Å². The zero-order valence-corrected chi connectivity index (χ0v) is 18.5. The monoisotopic (exact) mass is 426 g/mol. The van der Waals surface area contributed by atoms with Crippen LogP contribution in [0.3, 0.4) is 0 Å².